The van der Waals surface area contributed by atoms with Gasteiger partial charge in [-0.3, -0.25) is 0 Å². The predicted octanol–water partition coefficient (Wildman–Crippen LogP) is 4.75. The van der Waals surface area contributed by atoms with E-state index in [1.165, 1.54) is 57.8 Å². The maximum Gasteiger partial charge on any atom is -0.00771 e. The summed E-state index contributed by atoms with van der Waals surface area (Å²) in [6.07, 6.45) is 16.2. The molecule has 0 aliphatic heterocycles. The molecule has 110 valence electrons. The molecule has 5 atom stereocenters. The van der Waals surface area contributed by atoms with Gasteiger partial charge in [-0.05, 0) is 67.7 Å². The van der Waals surface area contributed by atoms with Crippen molar-refractivity contribution in [2.75, 3.05) is 6.54 Å². The van der Waals surface area contributed by atoms with Crippen LogP contribution in [0, 0.1) is 29.1 Å². The fraction of sp³-hybridized carbons (Fsp3) is 1.00. The summed E-state index contributed by atoms with van der Waals surface area (Å²) in [6, 6.07) is 0. The van der Waals surface area contributed by atoms with Crippen molar-refractivity contribution in [1.82, 2.24) is 0 Å². The zero-order valence-electron chi connectivity index (χ0n) is 12.9. The number of hydrogen-bond acceptors (Lipinski definition) is 1. The Balaban J connectivity index is 1.71. The summed E-state index contributed by atoms with van der Waals surface area (Å²) in [4.78, 5) is 0. The molecule has 3 aliphatic carbocycles. The third kappa shape index (κ3) is 2.26. The van der Waals surface area contributed by atoms with E-state index in [-0.39, 0.29) is 0 Å². The minimum absolute atomic E-state index is 0.752. The Bertz CT molecular complexity index is 286. The second-order valence-electron chi connectivity index (χ2n) is 7.59. The fourth-order valence-corrected chi connectivity index (χ4v) is 5.99. The number of fused-ring (bicyclic) bond motifs is 1. The van der Waals surface area contributed by atoms with E-state index in [1.807, 2.05) is 0 Å². The first-order valence-electron chi connectivity index (χ1n) is 9.05. The summed E-state index contributed by atoms with van der Waals surface area (Å²) in [5.41, 5.74) is 6.58. The average Bonchev–Trinajstić information content (AvgIpc) is 3.07. The van der Waals surface area contributed by atoms with Crippen molar-refractivity contribution in [3.05, 3.63) is 0 Å². The van der Waals surface area contributed by atoms with Crippen LogP contribution in [0.3, 0.4) is 0 Å². The Morgan fingerprint density at radius 2 is 1.74 bits per heavy atom. The monoisotopic (exact) mass is 263 g/mol. The van der Waals surface area contributed by atoms with E-state index in [9.17, 15) is 0 Å². The molecule has 3 rings (SSSR count). The van der Waals surface area contributed by atoms with Crippen molar-refractivity contribution >= 4 is 0 Å². The minimum atomic E-state index is 0.752. The lowest BCUT2D eigenvalue weighted by Crippen LogP contribution is -2.44. The molecule has 0 aromatic heterocycles. The first-order chi connectivity index (χ1) is 9.35. The van der Waals surface area contributed by atoms with Gasteiger partial charge in [0.25, 0.3) is 0 Å². The van der Waals surface area contributed by atoms with Gasteiger partial charge in [0, 0.05) is 0 Å². The van der Waals surface area contributed by atoms with Crippen molar-refractivity contribution < 1.29 is 0 Å². The van der Waals surface area contributed by atoms with Gasteiger partial charge < -0.3 is 5.73 Å². The number of hydrogen-bond donors (Lipinski definition) is 1. The Labute approximate surface area is 119 Å². The molecule has 3 fully saturated rings. The highest BCUT2D eigenvalue weighted by Crippen LogP contribution is 2.79. The molecule has 0 heterocycles. The van der Waals surface area contributed by atoms with E-state index in [4.69, 9.17) is 5.73 Å². The molecule has 0 aromatic rings. The van der Waals surface area contributed by atoms with Crippen LogP contribution >= 0.6 is 0 Å². The van der Waals surface area contributed by atoms with E-state index in [2.05, 4.69) is 6.92 Å². The van der Waals surface area contributed by atoms with Gasteiger partial charge in [0.1, 0.15) is 0 Å². The summed E-state index contributed by atoms with van der Waals surface area (Å²) >= 11 is 0. The zero-order valence-corrected chi connectivity index (χ0v) is 12.9. The number of unbranched alkanes of at least 4 members (excludes halogenated alkanes) is 1. The smallest absolute Gasteiger partial charge is 0.00771 e. The van der Waals surface area contributed by atoms with Gasteiger partial charge in [0.2, 0.25) is 0 Å². The average molecular weight is 263 g/mol. The van der Waals surface area contributed by atoms with Crippen LogP contribution in [0.2, 0.25) is 0 Å². The molecule has 1 nitrogen and oxygen atoms in total. The SMILES string of the molecule is CCCCC1(CCCN)C2CCCCCCC3C1[C@H]32. The lowest BCUT2D eigenvalue weighted by atomic mass is 9.54. The van der Waals surface area contributed by atoms with Crippen molar-refractivity contribution in [2.45, 2.75) is 77.6 Å². The van der Waals surface area contributed by atoms with Crippen LogP contribution in [0.5, 0.6) is 0 Å². The molecule has 1 heteroatoms. The molecule has 3 aliphatic rings. The number of rotatable bonds is 6. The van der Waals surface area contributed by atoms with Crippen LogP contribution in [0.25, 0.3) is 0 Å². The summed E-state index contributed by atoms with van der Waals surface area (Å²) in [7, 11) is 0. The molecular formula is C18H33N. The molecule has 2 N–H and O–H groups in total. The van der Waals surface area contributed by atoms with Crippen molar-refractivity contribution in [2.24, 2.45) is 34.8 Å². The summed E-state index contributed by atoms with van der Waals surface area (Å²) in [6.45, 7) is 3.26. The third-order valence-corrected chi connectivity index (χ3v) is 6.74. The summed E-state index contributed by atoms with van der Waals surface area (Å²) in [5, 5.41) is 0. The largest absolute Gasteiger partial charge is 0.330 e. The van der Waals surface area contributed by atoms with Crippen LogP contribution in [0.1, 0.15) is 77.6 Å². The molecule has 19 heavy (non-hydrogen) atoms. The minimum Gasteiger partial charge on any atom is -0.330 e. The Morgan fingerprint density at radius 3 is 2.47 bits per heavy atom. The lowest BCUT2D eigenvalue weighted by Gasteiger charge is -2.50. The highest BCUT2D eigenvalue weighted by Gasteiger charge is 2.74. The highest BCUT2D eigenvalue weighted by atomic mass is 14.8. The van der Waals surface area contributed by atoms with E-state index < -0.39 is 0 Å². The van der Waals surface area contributed by atoms with Gasteiger partial charge in [-0.15, -0.1) is 0 Å². The fourth-order valence-electron chi connectivity index (χ4n) is 5.99. The maximum absolute atomic E-state index is 5.83. The molecule has 0 bridgehead atoms. The van der Waals surface area contributed by atoms with Crippen LogP contribution in [-0.2, 0) is 0 Å². The first-order valence-corrected chi connectivity index (χ1v) is 9.05. The second kappa shape index (κ2) is 5.76. The van der Waals surface area contributed by atoms with Gasteiger partial charge in [-0.1, -0.05) is 45.4 Å². The topological polar surface area (TPSA) is 26.0 Å². The Morgan fingerprint density at radius 1 is 1.00 bits per heavy atom. The molecule has 4 unspecified atom stereocenters. The predicted molar refractivity (Wildman–Crippen MR) is 81.9 cm³/mol. The molecule has 3 saturated carbocycles. The van der Waals surface area contributed by atoms with Crippen LogP contribution in [0.15, 0.2) is 0 Å². The molecular weight excluding hydrogens is 230 g/mol. The lowest BCUT2D eigenvalue weighted by molar-refractivity contribution is -0.0174. The standard InChI is InChI=1S/C18H33N/c1-2-3-11-18(12-8-13-19)15-10-7-5-4-6-9-14-16(15)17(14)18/h14-17H,2-13,19H2,1H3/t14?,15?,16-,17?,18?/m1/s1. The van der Waals surface area contributed by atoms with Gasteiger partial charge in [0.15, 0.2) is 0 Å². The molecule has 0 spiro atoms. The van der Waals surface area contributed by atoms with Crippen LogP contribution in [0.4, 0.5) is 0 Å². The van der Waals surface area contributed by atoms with Gasteiger partial charge >= 0.3 is 0 Å². The quantitative estimate of drug-likeness (QED) is 0.735. The maximum atomic E-state index is 5.83. The highest BCUT2D eigenvalue weighted by molar-refractivity contribution is 5.22. The summed E-state index contributed by atoms with van der Waals surface area (Å²) in [5.74, 6) is 4.53. The molecule has 0 amide bonds. The molecule has 0 saturated heterocycles. The van der Waals surface area contributed by atoms with Crippen LogP contribution < -0.4 is 5.73 Å². The molecule has 0 aromatic carbocycles. The van der Waals surface area contributed by atoms with E-state index >= 15 is 0 Å². The van der Waals surface area contributed by atoms with Gasteiger partial charge in [0.05, 0.1) is 0 Å². The van der Waals surface area contributed by atoms with E-state index in [0.717, 1.165) is 35.6 Å². The number of nitrogens with two attached hydrogens (primary N) is 1. The Hall–Kier alpha value is -0.0400. The summed E-state index contributed by atoms with van der Waals surface area (Å²) < 4.78 is 0. The first kappa shape index (κ1) is 13.9. The van der Waals surface area contributed by atoms with E-state index in [1.54, 1.807) is 12.8 Å². The third-order valence-electron chi connectivity index (χ3n) is 6.74. The van der Waals surface area contributed by atoms with Crippen molar-refractivity contribution in [3.63, 3.8) is 0 Å². The zero-order chi connectivity index (χ0) is 13.3. The van der Waals surface area contributed by atoms with Crippen molar-refractivity contribution in [3.8, 4) is 0 Å². The Kier molecular flexibility index (Phi) is 4.22. The molecule has 0 radical (unpaired) electrons. The normalized spacial score (nSPS) is 44.5. The van der Waals surface area contributed by atoms with Gasteiger partial charge in [-0.2, -0.15) is 0 Å². The van der Waals surface area contributed by atoms with Gasteiger partial charge in [-0.25, -0.2) is 0 Å². The van der Waals surface area contributed by atoms with E-state index in [0.29, 0.717) is 0 Å². The second-order valence-corrected chi connectivity index (χ2v) is 7.59. The van der Waals surface area contributed by atoms with Crippen LogP contribution in [-0.4, -0.2) is 6.54 Å². The van der Waals surface area contributed by atoms with Crippen molar-refractivity contribution in [1.29, 1.82) is 0 Å².